The number of thiazole rings is 1. The highest BCUT2D eigenvalue weighted by Gasteiger charge is 2.25. The molecule has 0 spiro atoms. The number of nitrogens with zero attached hydrogens (tertiary/aromatic N) is 5. The molecular weight excluding hydrogens is 348 g/mol. The summed E-state index contributed by atoms with van der Waals surface area (Å²) in [6.45, 7) is 4.07. The molecule has 0 fully saturated rings. The van der Waals surface area contributed by atoms with Crippen LogP contribution < -0.4 is 5.32 Å². The monoisotopic (exact) mass is 370 g/mol. The van der Waals surface area contributed by atoms with Gasteiger partial charge in [-0.15, -0.1) is 11.3 Å². The first-order valence-corrected chi connectivity index (χ1v) is 9.72. The maximum absolute atomic E-state index is 13.0. The van der Waals surface area contributed by atoms with Crippen molar-refractivity contribution in [2.45, 2.75) is 39.5 Å². The van der Waals surface area contributed by atoms with Gasteiger partial charge in [0.15, 0.2) is 10.9 Å². The maximum atomic E-state index is 13.0. The van der Waals surface area contributed by atoms with Gasteiger partial charge in [-0.05, 0) is 38.2 Å². The molecule has 1 aliphatic rings. The van der Waals surface area contributed by atoms with E-state index < -0.39 is 0 Å². The van der Waals surface area contributed by atoms with E-state index in [1.54, 1.807) is 33.1 Å². The van der Waals surface area contributed by atoms with Gasteiger partial charge in [-0.25, -0.2) is 14.3 Å². The van der Waals surface area contributed by atoms with E-state index in [1.165, 1.54) is 17.7 Å². The summed E-state index contributed by atoms with van der Waals surface area (Å²) in [5.74, 6) is 1.19. The Morgan fingerprint density at radius 2 is 2.31 bits per heavy atom. The van der Waals surface area contributed by atoms with Crippen molar-refractivity contribution in [1.82, 2.24) is 24.5 Å². The first-order chi connectivity index (χ1) is 12.6. The van der Waals surface area contributed by atoms with E-state index in [4.69, 9.17) is 0 Å². The van der Waals surface area contributed by atoms with E-state index in [1.807, 2.05) is 20.0 Å². The van der Waals surface area contributed by atoms with Crippen LogP contribution in [0.5, 0.6) is 0 Å². The molecule has 3 heterocycles. The third-order valence-corrected chi connectivity index (χ3v) is 6.02. The lowest BCUT2D eigenvalue weighted by molar-refractivity contribution is 0.102. The highest BCUT2D eigenvalue weighted by molar-refractivity contribution is 7.15. The Kier molecular flexibility index (Phi) is 4.36. The van der Waals surface area contributed by atoms with Gasteiger partial charge in [-0.3, -0.25) is 10.1 Å². The second-order valence-corrected chi connectivity index (χ2v) is 7.80. The number of amides is 1. The standard InChI is InChI=1S/C18H22N6OS/c1-4-12-6-7-13-14(10-12)26-18(20-13)21-16(25)15-11(2)22-23(3)17(15)24-9-5-8-19-24/h5,8-9,12H,4,6-7,10H2,1-3H3,(H,20,21,25). The number of rotatable bonds is 4. The highest BCUT2D eigenvalue weighted by atomic mass is 32.1. The molecule has 26 heavy (non-hydrogen) atoms. The van der Waals surface area contributed by atoms with Crippen LogP contribution in [0, 0.1) is 12.8 Å². The molecular formula is C18H22N6OS. The zero-order valence-electron chi connectivity index (χ0n) is 15.2. The lowest BCUT2D eigenvalue weighted by Gasteiger charge is -2.18. The van der Waals surface area contributed by atoms with E-state index >= 15 is 0 Å². The molecule has 0 saturated heterocycles. The minimum absolute atomic E-state index is 0.195. The molecule has 3 aromatic heterocycles. The third kappa shape index (κ3) is 2.94. The molecule has 1 unspecified atom stereocenters. The van der Waals surface area contributed by atoms with Gasteiger partial charge in [0, 0.05) is 24.3 Å². The minimum atomic E-state index is -0.195. The molecule has 0 bridgehead atoms. The number of aryl methyl sites for hydroxylation is 3. The van der Waals surface area contributed by atoms with Gasteiger partial charge in [-0.2, -0.15) is 10.2 Å². The number of fused-ring (bicyclic) bond motifs is 1. The number of carbonyl (C=O) groups excluding carboxylic acids is 1. The van der Waals surface area contributed by atoms with Gasteiger partial charge < -0.3 is 0 Å². The Hall–Kier alpha value is -2.48. The maximum Gasteiger partial charge on any atom is 0.263 e. The fourth-order valence-electron chi connectivity index (χ4n) is 3.57. The van der Waals surface area contributed by atoms with Gasteiger partial charge >= 0.3 is 0 Å². The van der Waals surface area contributed by atoms with E-state index in [0.717, 1.165) is 24.5 Å². The lowest BCUT2D eigenvalue weighted by atomic mass is 9.89. The molecule has 0 radical (unpaired) electrons. The summed E-state index contributed by atoms with van der Waals surface area (Å²) < 4.78 is 3.34. The van der Waals surface area contributed by atoms with Gasteiger partial charge in [0.2, 0.25) is 0 Å². The van der Waals surface area contributed by atoms with E-state index in [9.17, 15) is 4.79 Å². The summed E-state index contributed by atoms with van der Waals surface area (Å²) in [6, 6.07) is 1.82. The van der Waals surface area contributed by atoms with Crippen molar-refractivity contribution >= 4 is 22.4 Å². The first-order valence-electron chi connectivity index (χ1n) is 8.90. The molecule has 0 aromatic carbocycles. The Bertz CT molecular complexity index is 939. The molecule has 8 heteroatoms. The van der Waals surface area contributed by atoms with Gasteiger partial charge in [0.1, 0.15) is 5.56 Å². The second kappa shape index (κ2) is 6.68. The van der Waals surface area contributed by atoms with Crippen molar-refractivity contribution in [1.29, 1.82) is 0 Å². The highest BCUT2D eigenvalue weighted by Crippen LogP contribution is 2.33. The van der Waals surface area contributed by atoms with Gasteiger partial charge in [0.05, 0.1) is 11.4 Å². The summed E-state index contributed by atoms with van der Waals surface area (Å²) in [5, 5.41) is 12.3. The van der Waals surface area contributed by atoms with Crippen LogP contribution in [0.2, 0.25) is 0 Å². The minimum Gasteiger partial charge on any atom is -0.298 e. The van der Waals surface area contributed by atoms with Crippen LogP contribution in [-0.2, 0) is 19.9 Å². The van der Waals surface area contributed by atoms with Crippen LogP contribution >= 0.6 is 11.3 Å². The largest absolute Gasteiger partial charge is 0.298 e. The van der Waals surface area contributed by atoms with Gasteiger partial charge in [-0.1, -0.05) is 13.3 Å². The topological polar surface area (TPSA) is 77.6 Å². The van der Waals surface area contributed by atoms with Gasteiger partial charge in [0.25, 0.3) is 5.91 Å². The molecule has 0 aliphatic heterocycles. The van der Waals surface area contributed by atoms with E-state index in [2.05, 4.69) is 27.4 Å². The summed E-state index contributed by atoms with van der Waals surface area (Å²) in [7, 11) is 1.81. The number of aromatic nitrogens is 5. The molecule has 3 aromatic rings. The summed E-state index contributed by atoms with van der Waals surface area (Å²) in [4.78, 5) is 18.9. The van der Waals surface area contributed by atoms with Crippen molar-refractivity contribution in [3.05, 3.63) is 40.3 Å². The van der Waals surface area contributed by atoms with Crippen molar-refractivity contribution in [3.63, 3.8) is 0 Å². The van der Waals surface area contributed by atoms with E-state index in [-0.39, 0.29) is 5.91 Å². The Morgan fingerprint density at radius 1 is 1.46 bits per heavy atom. The molecule has 136 valence electrons. The predicted octanol–water partition coefficient (Wildman–Crippen LogP) is 3.14. The number of hydrogen-bond acceptors (Lipinski definition) is 5. The van der Waals surface area contributed by atoms with Crippen LogP contribution in [0.1, 0.15) is 46.4 Å². The summed E-state index contributed by atoms with van der Waals surface area (Å²) in [6.07, 6.45) is 7.95. The lowest BCUT2D eigenvalue weighted by Crippen LogP contribution is -2.16. The van der Waals surface area contributed by atoms with Crippen molar-refractivity contribution in [2.24, 2.45) is 13.0 Å². The second-order valence-electron chi connectivity index (χ2n) is 6.72. The summed E-state index contributed by atoms with van der Waals surface area (Å²) >= 11 is 1.60. The Morgan fingerprint density at radius 3 is 3.04 bits per heavy atom. The van der Waals surface area contributed by atoms with Crippen molar-refractivity contribution < 1.29 is 4.79 Å². The van der Waals surface area contributed by atoms with Crippen LogP contribution in [-0.4, -0.2) is 30.5 Å². The predicted molar refractivity (Wildman–Crippen MR) is 101 cm³/mol. The Labute approximate surface area is 156 Å². The van der Waals surface area contributed by atoms with E-state index in [0.29, 0.717) is 22.2 Å². The molecule has 0 saturated carbocycles. The third-order valence-electron chi connectivity index (χ3n) is 4.98. The zero-order chi connectivity index (χ0) is 18.3. The number of nitrogens with one attached hydrogen (secondary N) is 1. The number of carbonyl (C=O) groups is 1. The average Bonchev–Trinajstić information content (AvgIpc) is 3.32. The molecule has 1 amide bonds. The quantitative estimate of drug-likeness (QED) is 0.765. The smallest absolute Gasteiger partial charge is 0.263 e. The number of anilines is 1. The zero-order valence-corrected chi connectivity index (χ0v) is 16.0. The van der Waals surface area contributed by atoms with Crippen LogP contribution in [0.25, 0.3) is 5.82 Å². The van der Waals surface area contributed by atoms with Crippen LogP contribution in [0.15, 0.2) is 18.5 Å². The molecule has 1 N–H and O–H groups in total. The fraction of sp³-hybridized carbons (Fsp3) is 0.444. The molecule has 4 rings (SSSR count). The normalized spacial score (nSPS) is 16.5. The molecule has 7 nitrogen and oxygen atoms in total. The summed E-state index contributed by atoms with van der Waals surface area (Å²) in [5.41, 5.74) is 2.34. The average molecular weight is 370 g/mol. The Balaban J connectivity index is 1.61. The van der Waals surface area contributed by atoms with Crippen LogP contribution in [0.3, 0.4) is 0 Å². The van der Waals surface area contributed by atoms with Crippen molar-refractivity contribution in [3.8, 4) is 5.82 Å². The molecule has 1 aliphatic carbocycles. The fourth-order valence-corrected chi connectivity index (χ4v) is 4.69. The number of hydrogen-bond donors (Lipinski definition) is 1. The van der Waals surface area contributed by atoms with Crippen molar-refractivity contribution in [2.75, 3.05) is 5.32 Å². The molecule has 1 atom stereocenters. The first kappa shape index (κ1) is 17.0. The SMILES string of the molecule is CCC1CCc2nc(NC(=O)c3c(C)nn(C)c3-n3cccn3)sc2C1. The van der Waals surface area contributed by atoms with Crippen LogP contribution in [0.4, 0.5) is 5.13 Å².